The van der Waals surface area contributed by atoms with Gasteiger partial charge in [-0.2, -0.15) is 0 Å². The predicted octanol–water partition coefficient (Wildman–Crippen LogP) is 4.50. The summed E-state index contributed by atoms with van der Waals surface area (Å²) in [6, 6.07) is 27.4. The average molecular weight is 429 g/mol. The van der Waals surface area contributed by atoms with E-state index in [-0.39, 0.29) is 11.8 Å². The number of hydrogen-bond acceptors (Lipinski definition) is 3. The fraction of sp³-hybridized carbons (Fsp3) is 0.259. The van der Waals surface area contributed by atoms with Crippen molar-refractivity contribution in [2.24, 2.45) is 0 Å². The second-order valence-corrected chi connectivity index (χ2v) is 7.88. The summed E-state index contributed by atoms with van der Waals surface area (Å²) in [6.45, 7) is 2.78. The van der Waals surface area contributed by atoms with Crippen molar-refractivity contribution in [3.63, 3.8) is 0 Å². The van der Waals surface area contributed by atoms with E-state index in [1.54, 1.807) is 0 Å². The van der Waals surface area contributed by atoms with E-state index in [2.05, 4.69) is 12.1 Å². The lowest BCUT2D eigenvalue weighted by atomic mass is 10.0. The van der Waals surface area contributed by atoms with Crippen molar-refractivity contribution >= 4 is 11.8 Å². The molecule has 5 nitrogen and oxygen atoms in total. The summed E-state index contributed by atoms with van der Waals surface area (Å²) in [5, 5.41) is 0. The topological polar surface area (TPSA) is 49.9 Å². The van der Waals surface area contributed by atoms with Gasteiger partial charge in [-0.1, -0.05) is 60.7 Å². The maximum Gasteiger partial charge on any atom is 0.253 e. The molecule has 164 valence electrons. The van der Waals surface area contributed by atoms with Crippen LogP contribution in [0.15, 0.2) is 84.9 Å². The Kier molecular flexibility index (Phi) is 7.18. The first-order valence-electron chi connectivity index (χ1n) is 11.1. The van der Waals surface area contributed by atoms with Gasteiger partial charge in [-0.05, 0) is 41.8 Å². The maximum absolute atomic E-state index is 13.0. The number of carbonyl (C=O) groups is 2. The molecule has 0 unspecified atom stereocenters. The average Bonchev–Trinajstić information content (AvgIpc) is 3.11. The van der Waals surface area contributed by atoms with Gasteiger partial charge in [0.15, 0.2) is 0 Å². The molecule has 3 aromatic carbocycles. The molecule has 0 spiro atoms. The smallest absolute Gasteiger partial charge is 0.253 e. The van der Waals surface area contributed by atoms with Crippen LogP contribution in [0.5, 0.6) is 5.75 Å². The Morgan fingerprint density at radius 2 is 1.28 bits per heavy atom. The van der Waals surface area contributed by atoms with Crippen LogP contribution in [0.1, 0.15) is 23.2 Å². The van der Waals surface area contributed by atoms with Crippen molar-refractivity contribution in [1.29, 1.82) is 0 Å². The van der Waals surface area contributed by atoms with Crippen LogP contribution >= 0.6 is 0 Å². The molecule has 1 aliphatic heterocycles. The molecule has 0 N–H and O–H groups in total. The van der Waals surface area contributed by atoms with Crippen LogP contribution in [0.4, 0.5) is 0 Å². The molecule has 0 atom stereocenters. The van der Waals surface area contributed by atoms with E-state index >= 15 is 0 Å². The summed E-state index contributed by atoms with van der Waals surface area (Å²) >= 11 is 0. The van der Waals surface area contributed by atoms with Gasteiger partial charge in [0.1, 0.15) is 5.75 Å². The maximum atomic E-state index is 13.0. The number of rotatable bonds is 6. The zero-order valence-corrected chi connectivity index (χ0v) is 18.2. The lowest BCUT2D eigenvalue weighted by molar-refractivity contribution is -0.131. The molecular formula is C27H28N2O3. The quantitative estimate of drug-likeness (QED) is 0.581. The van der Waals surface area contributed by atoms with Crippen LogP contribution in [0.2, 0.25) is 0 Å². The number of hydrogen-bond donors (Lipinski definition) is 0. The van der Waals surface area contributed by atoms with Crippen LogP contribution in [0, 0.1) is 0 Å². The van der Waals surface area contributed by atoms with E-state index in [0.29, 0.717) is 44.8 Å². The lowest BCUT2D eigenvalue weighted by Gasteiger charge is -2.22. The number of nitrogens with zero attached hydrogens (tertiary/aromatic N) is 2. The lowest BCUT2D eigenvalue weighted by Crippen LogP contribution is -2.37. The third kappa shape index (κ3) is 5.55. The Labute approximate surface area is 189 Å². The molecular weight excluding hydrogens is 400 g/mol. The molecule has 4 rings (SSSR count). The highest BCUT2D eigenvalue weighted by atomic mass is 16.5. The van der Waals surface area contributed by atoms with Crippen molar-refractivity contribution in [3.8, 4) is 16.9 Å². The Balaban J connectivity index is 1.28. The van der Waals surface area contributed by atoms with Crippen molar-refractivity contribution in [2.45, 2.75) is 12.8 Å². The van der Waals surface area contributed by atoms with Crippen molar-refractivity contribution < 1.29 is 14.3 Å². The summed E-state index contributed by atoms with van der Waals surface area (Å²) in [7, 11) is 0. The van der Waals surface area contributed by atoms with Crippen LogP contribution in [0.25, 0.3) is 11.1 Å². The highest BCUT2D eigenvalue weighted by molar-refractivity contribution is 5.94. The number of para-hydroxylation sites is 1. The molecule has 2 amide bonds. The van der Waals surface area contributed by atoms with E-state index < -0.39 is 0 Å². The van der Waals surface area contributed by atoms with Gasteiger partial charge in [0.2, 0.25) is 5.91 Å². The monoisotopic (exact) mass is 428 g/mol. The molecule has 5 heteroatoms. The van der Waals surface area contributed by atoms with Crippen LogP contribution in [0.3, 0.4) is 0 Å². The normalized spacial score (nSPS) is 14.0. The number of carbonyl (C=O) groups excluding carboxylic acids is 2. The number of ether oxygens (including phenoxy) is 1. The SMILES string of the molecule is O=C(CCOc1ccccc1)N1CCCN(C(=O)c2ccc(-c3ccccc3)cc2)CC1. The first kappa shape index (κ1) is 21.6. The second-order valence-electron chi connectivity index (χ2n) is 7.88. The highest BCUT2D eigenvalue weighted by Crippen LogP contribution is 2.20. The molecule has 1 heterocycles. The van der Waals surface area contributed by atoms with Crippen molar-refractivity contribution in [3.05, 3.63) is 90.5 Å². The molecule has 0 bridgehead atoms. The Morgan fingerprint density at radius 1 is 0.688 bits per heavy atom. The van der Waals surface area contributed by atoms with Gasteiger partial charge in [0, 0.05) is 31.7 Å². The molecule has 0 saturated carbocycles. The van der Waals surface area contributed by atoms with Gasteiger partial charge >= 0.3 is 0 Å². The van der Waals surface area contributed by atoms with Crippen LogP contribution in [-0.2, 0) is 4.79 Å². The van der Waals surface area contributed by atoms with Gasteiger partial charge in [-0.25, -0.2) is 0 Å². The molecule has 0 radical (unpaired) electrons. The van der Waals surface area contributed by atoms with Gasteiger partial charge < -0.3 is 14.5 Å². The Bertz CT molecular complexity index is 1020. The molecule has 32 heavy (non-hydrogen) atoms. The molecule has 3 aromatic rings. The minimum atomic E-state index is 0.0197. The number of amides is 2. The van der Waals surface area contributed by atoms with Crippen LogP contribution in [-0.4, -0.2) is 54.4 Å². The fourth-order valence-electron chi connectivity index (χ4n) is 3.92. The summed E-state index contributed by atoms with van der Waals surface area (Å²) in [5.41, 5.74) is 2.90. The largest absolute Gasteiger partial charge is 0.493 e. The molecule has 0 aliphatic carbocycles. The van der Waals surface area contributed by atoms with Gasteiger partial charge in [-0.3, -0.25) is 9.59 Å². The standard InChI is InChI=1S/C27H28N2O3/c30-26(16-21-32-25-10-5-2-6-11-25)28-17-7-18-29(20-19-28)27(31)24-14-12-23(13-15-24)22-8-3-1-4-9-22/h1-6,8-15H,7,16-21H2. The minimum absolute atomic E-state index is 0.0197. The summed E-state index contributed by atoms with van der Waals surface area (Å²) in [4.78, 5) is 29.3. The Morgan fingerprint density at radius 3 is 2.00 bits per heavy atom. The van der Waals surface area contributed by atoms with Crippen molar-refractivity contribution in [1.82, 2.24) is 9.80 Å². The third-order valence-corrected chi connectivity index (χ3v) is 5.70. The van der Waals surface area contributed by atoms with Crippen LogP contribution < -0.4 is 4.74 Å². The molecule has 1 saturated heterocycles. The molecule has 0 aromatic heterocycles. The first-order chi connectivity index (χ1) is 15.7. The zero-order chi connectivity index (χ0) is 22.2. The van der Waals surface area contributed by atoms with Crippen molar-refractivity contribution in [2.75, 3.05) is 32.8 Å². The van der Waals surface area contributed by atoms with E-state index in [1.807, 2.05) is 82.6 Å². The fourth-order valence-corrected chi connectivity index (χ4v) is 3.92. The van der Waals surface area contributed by atoms with E-state index in [4.69, 9.17) is 4.74 Å². The van der Waals surface area contributed by atoms with E-state index in [0.717, 1.165) is 23.3 Å². The van der Waals surface area contributed by atoms with E-state index in [9.17, 15) is 9.59 Å². The highest BCUT2D eigenvalue weighted by Gasteiger charge is 2.22. The van der Waals surface area contributed by atoms with Gasteiger partial charge in [-0.15, -0.1) is 0 Å². The Hall–Kier alpha value is -3.60. The summed E-state index contributed by atoms with van der Waals surface area (Å²) in [6.07, 6.45) is 1.11. The van der Waals surface area contributed by atoms with E-state index in [1.165, 1.54) is 0 Å². The summed E-state index contributed by atoms with van der Waals surface area (Å²) in [5.74, 6) is 0.861. The zero-order valence-electron chi connectivity index (χ0n) is 18.2. The van der Waals surface area contributed by atoms with Gasteiger partial charge in [0.05, 0.1) is 13.0 Å². The minimum Gasteiger partial charge on any atom is -0.493 e. The summed E-state index contributed by atoms with van der Waals surface area (Å²) < 4.78 is 5.65. The number of benzene rings is 3. The van der Waals surface area contributed by atoms with Gasteiger partial charge in [0.25, 0.3) is 5.91 Å². The molecule has 1 fully saturated rings. The molecule has 1 aliphatic rings. The third-order valence-electron chi connectivity index (χ3n) is 5.70. The first-order valence-corrected chi connectivity index (χ1v) is 11.1. The predicted molar refractivity (Wildman–Crippen MR) is 126 cm³/mol. The second kappa shape index (κ2) is 10.6.